The Morgan fingerprint density at radius 1 is 1.55 bits per heavy atom. The molecule has 1 aliphatic heterocycles. The van der Waals surface area contributed by atoms with E-state index in [-0.39, 0.29) is 0 Å². The number of fused-ring (bicyclic) bond motifs is 1. The molecule has 0 aromatic heterocycles. The fraction of sp³-hybridized carbons (Fsp3) is 0.800. The van der Waals surface area contributed by atoms with E-state index in [0.29, 0.717) is 6.10 Å². The first kappa shape index (κ1) is 7.35. The molecule has 1 nitrogen and oxygen atoms in total. The molecule has 2 rings (SSSR count). The van der Waals surface area contributed by atoms with Crippen LogP contribution in [0.25, 0.3) is 0 Å². The van der Waals surface area contributed by atoms with Gasteiger partial charge in [-0.25, -0.2) is 0 Å². The molecule has 0 aromatic carbocycles. The molecule has 0 aromatic rings. The highest BCUT2D eigenvalue weighted by atomic mass is 16.5. The predicted molar refractivity (Wildman–Crippen MR) is 45.4 cm³/mol. The summed E-state index contributed by atoms with van der Waals surface area (Å²) in [7, 11) is 0. The standard InChI is InChI=1S/C10H16O/c1-7-3-4-9-8(2)6-11-10(9)5-7/h5,8-10H,3-4,6H2,1-2H3/t8-,9-,10+/m1/s1. The van der Waals surface area contributed by atoms with Crippen molar-refractivity contribution < 1.29 is 4.74 Å². The van der Waals surface area contributed by atoms with Crippen molar-refractivity contribution in [1.82, 2.24) is 0 Å². The Bertz CT molecular complexity index is 183. The van der Waals surface area contributed by atoms with Crippen LogP contribution < -0.4 is 0 Å². The van der Waals surface area contributed by atoms with Gasteiger partial charge in [0.05, 0.1) is 12.7 Å². The van der Waals surface area contributed by atoms with Gasteiger partial charge in [0.25, 0.3) is 0 Å². The molecule has 0 N–H and O–H groups in total. The minimum atomic E-state index is 0.457. The predicted octanol–water partition coefficient (Wildman–Crippen LogP) is 2.38. The first-order valence-corrected chi connectivity index (χ1v) is 4.56. The van der Waals surface area contributed by atoms with Crippen LogP contribution in [0.5, 0.6) is 0 Å². The summed E-state index contributed by atoms with van der Waals surface area (Å²) < 4.78 is 5.66. The number of hydrogen-bond donors (Lipinski definition) is 0. The molecule has 2 aliphatic rings. The van der Waals surface area contributed by atoms with Crippen LogP contribution in [0.1, 0.15) is 26.7 Å². The van der Waals surface area contributed by atoms with E-state index >= 15 is 0 Å². The van der Waals surface area contributed by atoms with Crippen LogP contribution in [0.2, 0.25) is 0 Å². The van der Waals surface area contributed by atoms with Gasteiger partial charge in [-0.1, -0.05) is 18.6 Å². The highest BCUT2D eigenvalue weighted by Gasteiger charge is 2.34. The molecule has 1 heterocycles. The monoisotopic (exact) mass is 152 g/mol. The van der Waals surface area contributed by atoms with E-state index in [2.05, 4.69) is 19.9 Å². The van der Waals surface area contributed by atoms with Crippen molar-refractivity contribution in [3.63, 3.8) is 0 Å². The fourth-order valence-corrected chi connectivity index (χ4v) is 2.21. The molecule has 1 aliphatic carbocycles. The highest BCUT2D eigenvalue weighted by molar-refractivity contribution is 5.10. The maximum Gasteiger partial charge on any atom is 0.0790 e. The summed E-state index contributed by atoms with van der Waals surface area (Å²) in [6, 6.07) is 0. The van der Waals surface area contributed by atoms with Crippen LogP contribution in [0.15, 0.2) is 11.6 Å². The number of rotatable bonds is 0. The molecule has 0 radical (unpaired) electrons. The van der Waals surface area contributed by atoms with Crippen LogP contribution in [-0.4, -0.2) is 12.7 Å². The second-order valence-electron chi connectivity index (χ2n) is 3.99. The lowest BCUT2D eigenvalue weighted by Gasteiger charge is -2.23. The van der Waals surface area contributed by atoms with Gasteiger partial charge >= 0.3 is 0 Å². The van der Waals surface area contributed by atoms with Gasteiger partial charge in [-0.05, 0) is 31.6 Å². The lowest BCUT2D eigenvalue weighted by molar-refractivity contribution is 0.120. The SMILES string of the molecule is CC1=C[C@@H]2OC[C@@H](C)[C@H]2CC1. The molecule has 0 saturated carbocycles. The van der Waals surface area contributed by atoms with Crippen molar-refractivity contribution in [2.24, 2.45) is 11.8 Å². The lowest BCUT2D eigenvalue weighted by Crippen LogP contribution is -2.20. The molecular weight excluding hydrogens is 136 g/mol. The summed E-state index contributed by atoms with van der Waals surface area (Å²) in [5.74, 6) is 1.60. The first-order valence-electron chi connectivity index (χ1n) is 4.56. The molecule has 1 saturated heterocycles. The van der Waals surface area contributed by atoms with Crippen molar-refractivity contribution in [2.45, 2.75) is 32.8 Å². The largest absolute Gasteiger partial charge is 0.374 e. The fourth-order valence-electron chi connectivity index (χ4n) is 2.21. The third-order valence-corrected chi connectivity index (χ3v) is 3.03. The van der Waals surface area contributed by atoms with E-state index in [4.69, 9.17) is 4.74 Å². The average Bonchev–Trinajstić information content (AvgIpc) is 2.32. The molecule has 1 fully saturated rings. The maximum absolute atomic E-state index is 5.66. The highest BCUT2D eigenvalue weighted by Crippen LogP contribution is 2.36. The molecule has 62 valence electrons. The van der Waals surface area contributed by atoms with Crippen LogP contribution in [0.4, 0.5) is 0 Å². The minimum Gasteiger partial charge on any atom is -0.374 e. The summed E-state index contributed by atoms with van der Waals surface area (Å²) >= 11 is 0. The quantitative estimate of drug-likeness (QED) is 0.484. The maximum atomic E-state index is 5.66. The molecule has 11 heavy (non-hydrogen) atoms. The summed E-state index contributed by atoms with van der Waals surface area (Å²) in [5.41, 5.74) is 1.51. The third kappa shape index (κ3) is 1.22. The van der Waals surface area contributed by atoms with Gasteiger partial charge in [-0.2, -0.15) is 0 Å². The number of allylic oxidation sites excluding steroid dienone is 1. The molecule has 0 unspecified atom stereocenters. The van der Waals surface area contributed by atoms with Gasteiger partial charge in [-0.3, -0.25) is 0 Å². The second-order valence-corrected chi connectivity index (χ2v) is 3.99. The van der Waals surface area contributed by atoms with Crippen LogP contribution >= 0.6 is 0 Å². The second kappa shape index (κ2) is 2.63. The molecule has 1 heteroatoms. The van der Waals surface area contributed by atoms with Gasteiger partial charge in [-0.15, -0.1) is 0 Å². The molecule has 0 bridgehead atoms. The summed E-state index contributed by atoms with van der Waals surface area (Å²) in [5, 5.41) is 0. The zero-order chi connectivity index (χ0) is 7.84. The third-order valence-electron chi connectivity index (χ3n) is 3.03. The Labute approximate surface area is 68.4 Å². The zero-order valence-corrected chi connectivity index (χ0v) is 7.34. The van der Waals surface area contributed by atoms with Crippen LogP contribution in [0.3, 0.4) is 0 Å². The Kier molecular flexibility index (Phi) is 1.76. The Morgan fingerprint density at radius 3 is 3.18 bits per heavy atom. The van der Waals surface area contributed by atoms with E-state index in [1.165, 1.54) is 18.4 Å². The zero-order valence-electron chi connectivity index (χ0n) is 7.34. The smallest absolute Gasteiger partial charge is 0.0790 e. The van der Waals surface area contributed by atoms with Crippen molar-refractivity contribution in [3.8, 4) is 0 Å². The van der Waals surface area contributed by atoms with Crippen molar-refractivity contribution >= 4 is 0 Å². The van der Waals surface area contributed by atoms with E-state index in [1.807, 2.05) is 0 Å². The topological polar surface area (TPSA) is 9.23 Å². The molecule has 3 atom stereocenters. The minimum absolute atomic E-state index is 0.457. The van der Waals surface area contributed by atoms with Crippen LogP contribution in [0, 0.1) is 11.8 Å². The number of ether oxygens (including phenoxy) is 1. The first-order chi connectivity index (χ1) is 5.27. The summed E-state index contributed by atoms with van der Waals surface area (Å²) in [6.45, 7) is 5.49. The van der Waals surface area contributed by atoms with Gasteiger partial charge in [0.2, 0.25) is 0 Å². The van der Waals surface area contributed by atoms with Gasteiger partial charge in [0.1, 0.15) is 0 Å². The lowest BCUT2D eigenvalue weighted by atomic mass is 9.82. The van der Waals surface area contributed by atoms with E-state index in [9.17, 15) is 0 Å². The van der Waals surface area contributed by atoms with E-state index in [0.717, 1.165) is 18.4 Å². The molecular formula is C10H16O. The molecule has 0 amide bonds. The van der Waals surface area contributed by atoms with E-state index < -0.39 is 0 Å². The van der Waals surface area contributed by atoms with Gasteiger partial charge < -0.3 is 4.74 Å². The Balaban J connectivity index is 2.14. The Hall–Kier alpha value is -0.300. The normalized spacial score (nSPS) is 43.5. The number of hydrogen-bond acceptors (Lipinski definition) is 1. The van der Waals surface area contributed by atoms with E-state index in [1.54, 1.807) is 0 Å². The Morgan fingerprint density at radius 2 is 2.36 bits per heavy atom. The summed E-state index contributed by atoms with van der Waals surface area (Å²) in [4.78, 5) is 0. The van der Waals surface area contributed by atoms with Gasteiger partial charge in [0.15, 0.2) is 0 Å². The van der Waals surface area contributed by atoms with Crippen molar-refractivity contribution in [1.29, 1.82) is 0 Å². The molecule has 0 spiro atoms. The van der Waals surface area contributed by atoms with Crippen molar-refractivity contribution in [3.05, 3.63) is 11.6 Å². The summed E-state index contributed by atoms with van der Waals surface area (Å²) in [6.07, 6.45) is 5.40. The average molecular weight is 152 g/mol. The van der Waals surface area contributed by atoms with Crippen LogP contribution in [-0.2, 0) is 4.74 Å². The van der Waals surface area contributed by atoms with Gasteiger partial charge in [0, 0.05) is 0 Å². The van der Waals surface area contributed by atoms with Crippen molar-refractivity contribution in [2.75, 3.05) is 6.61 Å².